The van der Waals surface area contributed by atoms with Gasteiger partial charge in [0.25, 0.3) is 5.69 Å². The molecule has 0 aliphatic rings. The molecule has 0 bridgehead atoms. The van der Waals surface area contributed by atoms with Gasteiger partial charge >= 0.3 is 0 Å². The van der Waals surface area contributed by atoms with Gasteiger partial charge in [-0.3, -0.25) is 20.4 Å². The predicted molar refractivity (Wildman–Crippen MR) is 59.2 cm³/mol. The molecule has 0 saturated carbocycles. The lowest BCUT2D eigenvalue weighted by Crippen LogP contribution is -2.06. The summed E-state index contributed by atoms with van der Waals surface area (Å²) in [7, 11) is 1.61. The monoisotopic (exact) mass is 226 g/mol. The Morgan fingerprint density at radius 2 is 2.12 bits per heavy atom. The van der Waals surface area contributed by atoms with E-state index in [-0.39, 0.29) is 5.69 Å². The third-order valence-corrected chi connectivity index (χ3v) is 1.88. The normalized spacial score (nSPS) is 10.1. The third kappa shape index (κ3) is 3.84. The first-order valence-corrected chi connectivity index (χ1v) is 4.86. The Kier molecular flexibility index (Phi) is 5.24. The second kappa shape index (κ2) is 6.76. The second-order valence-corrected chi connectivity index (χ2v) is 3.07. The molecule has 0 fully saturated rings. The molecule has 88 valence electrons. The lowest BCUT2D eigenvalue weighted by atomic mass is 10.3. The van der Waals surface area contributed by atoms with Crippen LogP contribution in [0.5, 0.6) is 0 Å². The van der Waals surface area contributed by atoms with Crippen LogP contribution in [0, 0.1) is 10.1 Å². The Bertz CT molecular complexity index is 343. The van der Waals surface area contributed by atoms with Crippen molar-refractivity contribution in [3.63, 3.8) is 0 Å². The van der Waals surface area contributed by atoms with E-state index < -0.39 is 4.92 Å². The van der Waals surface area contributed by atoms with Crippen LogP contribution in [0.25, 0.3) is 0 Å². The zero-order chi connectivity index (χ0) is 11.8. The molecule has 0 aliphatic carbocycles. The smallest absolute Gasteiger partial charge is 0.294 e. The van der Waals surface area contributed by atoms with E-state index in [4.69, 9.17) is 9.57 Å². The van der Waals surface area contributed by atoms with Gasteiger partial charge < -0.3 is 4.74 Å². The van der Waals surface area contributed by atoms with Crippen molar-refractivity contribution in [2.45, 2.75) is 6.42 Å². The average molecular weight is 226 g/mol. The molecule has 6 nitrogen and oxygen atoms in total. The highest BCUT2D eigenvalue weighted by atomic mass is 16.6. The molecule has 16 heavy (non-hydrogen) atoms. The fourth-order valence-corrected chi connectivity index (χ4v) is 1.12. The second-order valence-electron chi connectivity index (χ2n) is 3.07. The van der Waals surface area contributed by atoms with Crippen molar-refractivity contribution in [2.24, 2.45) is 0 Å². The molecule has 0 amide bonds. The SMILES string of the molecule is COCCCONc1ccccc1[N+](=O)[O-]. The lowest BCUT2D eigenvalue weighted by molar-refractivity contribution is -0.384. The maximum atomic E-state index is 10.6. The fourth-order valence-electron chi connectivity index (χ4n) is 1.12. The number of nitro benzene ring substituents is 1. The summed E-state index contributed by atoms with van der Waals surface area (Å²) in [6.45, 7) is 1.03. The van der Waals surface area contributed by atoms with Gasteiger partial charge in [-0.05, 0) is 12.5 Å². The summed E-state index contributed by atoms with van der Waals surface area (Å²) in [6, 6.07) is 6.32. The van der Waals surface area contributed by atoms with Crippen LogP contribution in [0.15, 0.2) is 24.3 Å². The molecule has 1 aromatic carbocycles. The van der Waals surface area contributed by atoms with Crippen LogP contribution < -0.4 is 5.48 Å². The van der Waals surface area contributed by atoms with Gasteiger partial charge in [-0.25, -0.2) is 0 Å². The molecule has 0 atom stereocenters. The van der Waals surface area contributed by atoms with Crippen molar-refractivity contribution in [1.29, 1.82) is 0 Å². The number of rotatable bonds is 7. The van der Waals surface area contributed by atoms with Crippen LogP contribution in [0.1, 0.15) is 6.42 Å². The number of benzene rings is 1. The Morgan fingerprint density at radius 3 is 2.81 bits per heavy atom. The fraction of sp³-hybridized carbons (Fsp3) is 0.400. The molecule has 6 heteroatoms. The lowest BCUT2D eigenvalue weighted by Gasteiger charge is -2.06. The topological polar surface area (TPSA) is 73.6 Å². The minimum Gasteiger partial charge on any atom is -0.385 e. The maximum absolute atomic E-state index is 10.6. The largest absolute Gasteiger partial charge is 0.385 e. The van der Waals surface area contributed by atoms with Crippen LogP contribution in [-0.4, -0.2) is 25.2 Å². The zero-order valence-electron chi connectivity index (χ0n) is 9.01. The summed E-state index contributed by atoms with van der Waals surface area (Å²) in [5.41, 5.74) is 2.90. The standard InChI is InChI=1S/C10H14N2O4/c1-15-7-4-8-16-11-9-5-2-3-6-10(9)12(13)14/h2-3,5-6,11H,4,7-8H2,1H3. The third-order valence-electron chi connectivity index (χ3n) is 1.88. The van der Waals surface area contributed by atoms with E-state index in [1.807, 2.05) is 0 Å². The molecule has 1 aromatic rings. The van der Waals surface area contributed by atoms with Crippen LogP contribution in [-0.2, 0) is 9.57 Å². The minimum absolute atomic E-state index is 0.00533. The molecular formula is C10H14N2O4. The van der Waals surface area contributed by atoms with Crippen molar-refractivity contribution in [2.75, 3.05) is 25.8 Å². The Labute approximate surface area is 93.3 Å². The van der Waals surface area contributed by atoms with E-state index >= 15 is 0 Å². The van der Waals surface area contributed by atoms with Gasteiger partial charge in [0, 0.05) is 19.8 Å². The summed E-state index contributed by atoms with van der Waals surface area (Å²) < 4.78 is 4.84. The minimum atomic E-state index is -0.457. The molecule has 0 aliphatic heterocycles. The Hall–Kier alpha value is -1.66. The number of methoxy groups -OCH3 is 1. The molecule has 0 spiro atoms. The highest BCUT2D eigenvalue weighted by Crippen LogP contribution is 2.22. The predicted octanol–water partition coefficient (Wildman–Crippen LogP) is 1.97. The number of anilines is 1. The number of para-hydroxylation sites is 2. The van der Waals surface area contributed by atoms with Crippen LogP contribution in [0.2, 0.25) is 0 Å². The number of nitrogens with one attached hydrogen (secondary N) is 1. The first kappa shape index (κ1) is 12.4. The Morgan fingerprint density at radius 1 is 1.38 bits per heavy atom. The number of hydrogen-bond acceptors (Lipinski definition) is 5. The van der Waals surface area contributed by atoms with E-state index in [9.17, 15) is 10.1 Å². The van der Waals surface area contributed by atoms with Gasteiger partial charge in [0.1, 0.15) is 5.69 Å². The summed E-state index contributed by atoms with van der Waals surface area (Å²) >= 11 is 0. The number of hydrogen-bond donors (Lipinski definition) is 1. The summed E-state index contributed by atoms with van der Waals surface area (Å²) in [5, 5.41) is 10.6. The molecule has 0 aromatic heterocycles. The van der Waals surface area contributed by atoms with Crippen molar-refractivity contribution in [3.8, 4) is 0 Å². The molecular weight excluding hydrogens is 212 g/mol. The van der Waals surface area contributed by atoms with Crippen molar-refractivity contribution in [3.05, 3.63) is 34.4 Å². The number of ether oxygens (including phenoxy) is 1. The van der Waals surface area contributed by atoms with Gasteiger partial charge in [0.2, 0.25) is 0 Å². The van der Waals surface area contributed by atoms with E-state index in [0.717, 1.165) is 6.42 Å². The zero-order valence-corrected chi connectivity index (χ0v) is 9.01. The van der Waals surface area contributed by atoms with Gasteiger partial charge in [0.15, 0.2) is 0 Å². The summed E-state index contributed by atoms with van der Waals surface area (Å²) in [4.78, 5) is 15.3. The number of nitro groups is 1. The van der Waals surface area contributed by atoms with Gasteiger partial charge in [-0.2, -0.15) is 0 Å². The summed E-state index contributed by atoms with van der Waals surface area (Å²) in [5.74, 6) is 0. The van der Waals surface area contributed by atoms with E-state index in [1.165, 1.54) is 6.07 Å². The van der Waals surface area contributed by atoms with Crippen molar-refractivity contribution in [1.82, 2.24) is 0 Å². The molecule has 0 heterocycles. The van der Waals surface area contributed by atoms with E-state index in [0.29, 0.717) is 18.9 Å². The van der Waals surface area contributed by atoms with Crippen LogP contribution in [0.3, 0.4) is 0 Å². The van der Waals surface area contributed by atoms with Crippen LogP contribution in [0.4, 0.5) is 11.4 Å². The highest BCUT2D eigenvalue weighted by Gasteiger charge is 2.11. The molecule has 1 N–H and O–H groups in total. The van der Waals surface area contributed by atoms with E-state index in [1.54, 1.807) is 25.3 Å². The number of nitrogens with zero attached hydrogens (tertiary/aromatic N) is 1. The van der Waals surface area contributed by atoms with Crippen molar-refractivity contribution >= 4 is 11.4 Å². The summed E-state index contributed by atoms with van der Waals surface area (Å²) in [6.07, 6.45) is 0.726. The highest BCUT2D eigenvalue weighted by molar-refractivity contribution is 5.59. The maximum Gasteiger partial charge on any atom is 0.294 e. The van der Waals surface area contributed by atoms with Gasteiger partial charge in [0.05, 0.1) is 11.5 Å². The van der Waals surface area contributed by atoms with Gasteiger partial charge in [-0.1, -0.05) is 12.1 Å². The first-order valence-electron chi connectivity index (χ1n) is 4.86. The first-order chi connectivity index (χ1) is 7.75. The molecule has 0 radical (unpaired) electrons. The quantitative estimate of drug-likeness (QED) is 0.437. The molecule has 1 rings (SSSR count). The van der Waals surface area contributed by atoms with Gasteiger partial charge in [-0.15, -0.1) is 0 Å². The average Bonchev–Trinajstić information content (AvgIpc) is 2.29. The van der Waals surface area contributed by atoms with Crippen molar-refractivity contribution < 1.29 is 14.5 Å². The molecule has 0 unspecified atom stereocenters. The Balaban J connectivity index is 2.44. The van der Waals surface area contributed by atoms with E-state index in [2.05, 4.69) is 5.48 Å². The van der Waals surface area contributed by atoms with Crippen LogP contribution >= 0.6 is 0 Å². The molecule has 0 saturated heterocycles.